The van der Waals surface area contributed by atoms with Gasteiger partial charge in [-0.1, -0.05) is 42.1 Å². The molecule has 5 nitrogen and oxygen atoms in total. The van der Waals surface area contributed by atoms with E-state index in [0.717, 1.165) is 11.5 Å². The Bertz CT molecular complexity index is 1110. The van der Waals surface area contributed by atoms with Crippen molar-refractivity contribution in [2.24, 2.45) is 0 Å². The van der Waals surface area contributed by atoms with Crippen molar-refractivity contribution in [1.82, 2.24) is 0 Å². The third-order valence-electron chi connectivity index (χ3n) is 4.69. The van der Waals surface area contributed by atoms with Gasteiger partial charge in [0.1, 0.15) is 11.5 Å². The Morgan fingerprint density at radius 1 is 0.667 bits per heavy atom. The Morgan fingerprint density at radius 3 is 1.48 bits per heavy atom. The summed E-state index contributed by atoms with van der Waals surface area (Å²) in [5.74, 6) is 0.126. The first-order chi connectivity index (χ1) is 16.0. The summed E-state index contributed by atoms with van der Waals surface area (Å²) >= 11 is 0. The predicted molar refractivity (Wildman–Crippen MR) is 127 cm³/mol. The number of methoxy groups -OCH3 is 2. The van der Waals surface area contributed by atoms with E-state index in [4.69, 9.17) is 14.6 Å². The van der Waals surface area contributed by atoms with Crippen LogP contribution >= 0.6 is 0 Å². The highest BCUT2D eigenvalue weighted by atomic mass is 32.2. The van der Waals surface area contributed by atoms with Gasteiger partial charge in [-0.25, -0.2) is 4.79 Å². The van der Waals surface area contributed by atoms with Gasteiger partial charge in [0, 0.05) is 0 Å². The monoisotopic (exact) mass is 460 g/mol. The molecule has 0 heterocycles. The third kappa shape index (κ3) is 6.30. The highest BCUT2D eigenvalue weighted by Gasteiger charge is 2.28. The van der Waals surface area contributed by atoms with Crippen molar-refractivity contribution in [2.45, 2.75) is 14.7 Å². The molecule has 4 rings (SSSR count). The van der Waals surface area contributed by atoms with Crippen LogP contribution < -0.4 is 14.6 Å². The smallest absolute Gasteiger partial charge is 0.335 e. The van der Waals surface area contributed by atoms with Crippen LogP contribution in [-0.2, 0) is 10.9 Å². The molecular weight excluding hydrogens is 436 g/mol. The summed E-state index contributed by atoms with van der Waals surface area (Å²) in [5.41, 5.74) is -0.178. The van der Waals surface area contributed by atoms with Gasteiger partial charge in [-0.2, -0.15) is 0 Å². The second-order valence-corrected chi connectivity index (χ2v) is 8.80. The molecular formula is C27H24O5S. The van der Waals surface area contributed by atoms with Crippen molar-refractivity contribution in [3.05, 3.63) is 109 Å². The molecule has 0 aromatic heterocycles. The van der Waals surface area contributed by atoms with Gasteiger partial charge in [0.05, 0.1) is 30.7 Å². The lowest BCUT2D eigenvalue weighted by atomic mass is 10.2. The molecule has 33 heavy (non-hydrogen) atoms. The Balaban J connectivity index is 0.000000257. The fourth-order valence-electron chi connectivity index (χ4n) is 3.03. The quantitative estimate of drug-likeness (QED) is 0.397. The number of aromatic carboxylic acids is 1. The van der Waals surface area contributed by atoms with Gasteiger partial charge < -0.3 is 19.7 Å². The molecule has 4 aromatic rings. The van der Waals surface area contributed by atoms with Crippen LogP contribution in [0.3, 0.4) is 0 Å². The van der Waals surface area contributed by atoms with E-state index < -0.39 is 11.7 Å². The second kappa shape index (κ2) is 11.6. The molecule has 0 unspecified atom stereocenters. The maximum absolute atomic E-state index is 10.7. The number of carboxylic acid groups (broad SMARTS) is 1. The Hall–Kier alpha value is -3.90. The van der Waals surface area contributed by atoms with E-state index in [1.807, 2.05) is 30.3 Å². The summed E-state index contributed by atoms with van der Waals surface area (Å²) in [6.45, 7) is 0. The van der Waals surface area contributed by atoms with Crippen molar-refractivity contribution >= 4 is 16.9 Å². The van der Waals surface area contributed by atoms with Crippen molar-refractivity contribution in [3.63, 3.8) is 0 Å². The molecule has 0 spiro atoms. The van der Waals surface area contributed by atoms with Gasteiger partial charge in [-0.15, -0.1) is 0 Å². The van der Waals surface area contributed by atoms with E-state index in [-0.39, 0.29) is 16.5 Å². The van der Waals surface area contributed by atoms with E-state index in [0.29, 0.717) is 0 Å². The van der Waals surface area contributed by atoms with Crippen molar-refractivity contribution in [1.29, 1.82) is 0 Å². The summed E-state index contributed by atoms with van der Waals surface area (Å²) in [5, 5.41) is 19.0. The van der Waals surface area contributed by atoms with Crippen LogP contribution in [0, 0.1) is 0 Å². The molecule has 0 radical (unpaired) electrons. The van der Waals surface area contributed by atoms with Crippen LogP contribution in [0.2, 0.25) is 0 Å². The lowest BCUT2D eigenvalue weighted by molar-refractivity contribution is -0.268. The molecule has 0 amide bonds. The van der Waals surface area contributed by atoms with Gasteiger partial charge in [0.2, 0.25) is 0 Å². The third-order valence-corrected chi connectivity index (χ3v) is 6.92. The van der Waals surface area contributed by atoms with Gasteiger partial charge in [-0.3, -0.25) is 0 Å². The summed E-state index contributed by atoms with van der Waals surface area (Å²) in [6.07, 6.45) is 0. The van der Waals surface area contributed by atoms with Crippen LogP contribution in [0.5, 0.6) is 17.2 Å². The lowest BCUT2D eigenvalue weighted by Gasteiger charge is -2.09. The van der Waals surface area contributed by atoms with Crippen LogP contribution in [0.4, 0.5) is 0 Å². The molecule has 4 aromatic carbocycles. The zero-order valence-corrected chi connectivity index (χ0v) is 19.1. The van der Waals surface area contributed by atoms with Gasteiger partial charge in [-0.05, 0) is 66.7 Å². The SMILES string of the molecule is COc1ccc([S+](c2ccccc2)c2ccc(OC)cc2)cc1.O=C(O)c1ccccc1[O-]. The zero-order valence-electron chi connectivity index (χ0n) is 18.3. The number of benzene rings is 4. The van der Waals surface area contributed by atoms with E-state index >= 15 is 0 Å². The van der Waals surface area contributed by atoms with Crippen LogP contribution in [0.1, 0.15) is 10.4 Å². The minimum Gasteiger partial charge on any atom is -0.872 e. The molecule has 0 aliphatic heterocycles. The molecule has 168 valence electrons. The first-order valence-electron chi connectivity index (χ1n) is 10.1. The zero-order chi connectivity index (χ0) is 23.6. The van der Waals surface area contributed by atoms with Crippen molar-refractivity contribution in [2.75, 3.05) is 14.2 Å². The Labute approximate surface area is 196 Å². The molecule has 0 saturated carbocycles. The van der Waals surface area contributed by atoms with Gasteiger partial charge >= 0.3 is 5.97 Å². The molecule has 0 aliphatic carbocycles. The highest BCUT2D eigenvalue weighted by Crippen LogP contribution is 2.32. The molecule has 0 saturated heterocycles. The topological polar surface area (TPSA) is 78.8 Å². The molecule has 1 N–H and O–H groups in total. The number of ether oxygens (including phenoxy) is 2. The normalized spacial score (nSPS) is 10.2. The molecule has 0 atom stereocenters. The van der Waals surface area contributed by atoms with E-state index in [9.17, 15) is 9.90 Å². The fourth-order valence-corrected chi connectivity index (χ4v) is 5.09. The van der Waals surface area contributed by atoms with Crippen LogP contribution in [-0.4, -0.2) is 25.3 Å². The average molecular weight is 461 g/mol. The molecule has 0 fully saturated rings. The first kappa shape index (κ1) is 23.8. The van der Waals surface area contributed by atoms with E-state index in [1.54, 1.807) is 14.2 Å². The van der Waals surface area contributed by atoms with Crippen LogP contribution in [0.25, 0.3) is 0 Å². The first-order valence-corrected chi connectivity index (χ1v) is 11.3. The number of hydrogen-bond donors (Lipinski definition) is 1. The summed E-state index contributed by atoms with van der Waals surface area (Å²) in [7, 11) is 3.23. The molecule has 0 aliphatic rings. The minimum absolute atomic E-state index is 0.146. The Morgan fingerprint density at radius 2 is 1.09 bits per heavy atom. The van der Waals surface area contributed by atoms with Crippen molar-refractivity contribution < 1.29 is 24.5 Å². The second-order valence-electron chi connectivity index (χ2n) is 6.77. The lowest BCUT2D eigenvalue weighted by Crippen LogP contribution is -2.04. The number of hydrogen-bond acceptors (Lipinski definition) is 4. The standard InChI is InChI=1S/C20H19O2S.C7H6O3/c1-21-16-8-12-19(13-9-16)23(18-6-4-3-5-7-18)20-14-10-17(22-2)11-15-20;8-6-4-2-1-3-5(6)7(9)10/h3-15H,1-2H3;1-4,8H,(H,9,10)/q+1;/p-1. The maximum Gasteiger partial charge on any atom is 0.335 e. The summed E-state index contributed by atoms with van der Waals surface area (Å²) in [6, 6.07) is 32.7. The van der Waals surface area contributed by atoms with Gasteiger partial charge in [0.15, 0.2) is 14.7 Å². The molecule has 0 bridgehead atoms. The van der Waals surface area contributed by atoms with E-state index in [1.165, 1.54) is 39.0 Å². The average Bonchev–Trinajstić information content (AvgIpc) is 2.86. The number of carboxylic acids is 1. The number of carbonyl (C=O) groups is 1. The molecule has 6 heteroatoms. The maximum atomic E-state index is 10.7. The highest BCUT2D eigenvalue weighted by molar-refractivity contribution is 7.97. The largest absolute Gasteiger partial charge is 0.872 e. The Kier molecular flexibility index (Phi) is 8.38. The predicted octanol–water partition coefficient (Wildman–Crippen LogP) is 5.26. The minimum atomic E-state index is -1.18. The number of para-hydroxylation sites is 1. The van der Waals surface area contributed by atoms with Gasteiger partial charge in [0.25, 0.3) is 0 Å². The fraction of sp³-hybridized carbons (Fsp3) is 0.0741. The van der Waals surface area contributed by atoms with Crippen molar-refractivity contribution in [3.8, 4) is 17.2 Å². The summed E-state index contributed by atoms with van der Waals surface area (Å²) < 4.78 is 10.6. The number of rotatable bonds is 6. The van der Waals surface area contributed by atoms with Crippen LogP contribution in [0.15, 0.2) is 118 Å². The van der Waals surface area contributed by atoms with E-state index in [2.05, 4.69) is 48.5 Å². The summed E-state index contributed by atoms with van der Waals surface area (Å²) in [4.78, 5) is 14.0.